The predicted octanol–water partition coefficient (Wildman–Crippen LogP) is 5.54. The van der Waals surface area contributed by atoms with Crippen LogP contribution < -0.4 is 21.3 Å². The molecule has 5 rings (SSSR count). The number of nitrogens with one attached hydrogen (secondary N) is 3. The van der Waals surface area contributed by atoms with Gasteiger partial charge >= 0.3 is 6.09 Å². The molecule has 0 spiro atoms. The standard InChI is InChI=1S/C37H43Br2N7O8/c1-37(2,3)54-36(50)46(31(19-52-5)35(49)43-26-9-7-23(38)15-25(26)40)17-22-14-21(6-11-30(22)45-12-13-53-20-32(45)47)34(48)44-29(18-51-4)33-41-27-10-8-24(39)16-28(27)42-33/h6-11,14-16,29,31H,12-13,17-20,40H2,1-5H3,(H,41,42)(H,43,49)(H,44,48)/t29-,31-/m0/s1. The van der Waals surface area contributed by atoms with Gasteiger partial charge in [0.15, 0.2) is 0 Å². The Morgan fingerprint density at radius 3 is 2.44 bits per heavy atom. The molecule has 15 nitrogen and oxygen atoms in total. The summed E-state index contributed by atoms with van der Waals surface area (Å²) in [4.78, 5) is 65.8. The number of ether oxygens (including phenoxy) is 4. The number of H-pyrrole nitrogens is 1. The molecule has 1 aromatic heterocycles. The summed E-state index contributed by atoms with van der Waals surface area (Å²) in [5, 5.41) is 5.79. The number of aromatic nitrogens is 2. The Bertz CT molecular complexity index is 2020. The van der Waals surface area contributed by atoms with Crippen LogP contribution in [0.5, 0.6) is 0 Å². The second-order valence-electron chi connectivity index (χ2n) is 13.5. The van der Waals surface area contributed by atoms with Crippen molar-refractivity contribution < 1.29 is 38.1 Å². The molecular formula is C37H43Br2N7O8. The molecule has 2 heterocycles. The van der Waals surface area contributed by atoms with Crippen molar-refractivity contribution >= 4 is 83.8 Å². The van der Waals surface area contributed by atoms with Crippen molar-refractivity contribution in [3.63, 3.8) is 0 Å². The number of benzene rings is 3. The number of morpholine rings is 1. The minimum absolute atomic E-state index is 0.114. The van der Waals surface area contributed by atoms with Gasteiger partial charge in [0, 0.05) is 41.0 Å². The SMILES string of the molecule is COC[C@H](NC(=O)c1ccc(N2CCOCC2=O)c(CN(C(=O)OC(C)(C)C)[C@@H](COC)C(=O)Nc2ccc(Br)cc2N)c1)c1nc2cc(Br)ccc2[nH]1. The number of hydrogen-bond acceptors (Lipinski definition) is 10. The maximum absolute atomic E-state index is 14.0. The van der Waals surface area contributed by atoms with Crippen LogP contribution in [0.3, 0.4) is 0 Å². The number of nitrogen functional groups attached to an aromatic ring is 1. The smallest absolute Gasteiger partial charge is 0.411 e. The maximum atomic E-state index is 14.0. The van der Waals surface area contributed by atoms with Crippen molar-refractivity contribution in [3.8, 4) is 0 Å². The second kappa shape index (κ2) is 17.7. The lowest BCUT2D eigenvalue weighted by molar-refractivity contribution is -0.126. The molecule has 0 unspecified atom stereocenters. The fraction of sp³-hybridized carbons (Fsp3) is 0.378. The average molecular weight is 874 g/mol. The summed E-state index contributed by atoms with van der Waals surface area (Å²) in [5.74, 6) is -0.891. The third-order valence-corrected chi connectivity index (χ3v) is 9.28. The fourth-order valence-electron chi connectivity index (χ4n) is 5.78. The van der Waals surface area contributed by atoms with E-state index < -0.39 is 35.6 Å². The molecule has 5 N–H and O–H groups in total. The highest BCUT2D eigenvalue weighted by molar-refractivity contribution is 9.10. The highest BCUT2D eigenvalue weighted by Crippen LogP contribution is 2.29. The molecule has 1 aliphatic rings. The van der Waals surface area contributed by atoms with E-state index in [1.165, 1.54) is 24.0 Å². The Hall–Kier alpha value is -4.55. The van der Waals surface area contributed by atoms with E-state index in [2.05, 4.69) is 52.5 Å². The zero-order chi connectivity index (χ0) is 39.2. The molecule has 17 heteroatoms. The molecule has 0 radical (unpaired) electrons. The Morgan fingerprint density at radius 2 is 1.76 bits per heavy atom. The molecule has 1 fully saturated rings. The summed E-state index contributed by atoms with van der Waals surface area (Å²) in [6.07, 6.45) is -0.825. The Balaban J connectivity index is 1.54. The summed E-state index contributed by atoms with van der Waals surface area (Å²) in [7, 11) is 2.93. The number of fused-ring (bicyclic) bond motifs is 1. The number of imidazole rings is 1. The van der Waals surface area contributed by atoms with Crippen LogP contribution in [-0.2, 0) is 35.1 Å². The molecule has 2 atom stereocenters. The number of methoxy groups -OCH3 is 2. The Kier molecular flexibility index (Phi) is 13.3. The Morgan fingerprint density at radius 1 is 1.04 bits per heavy atom. The lowest BCUT2D eigenvalue weighted by Crippen LogP contribution is -2.51. The van der Waals surface area contributed by atoms with Gasteiger partial charge in [-0.15, -0.1) is 0 Å². The largest absolute Gasteiger partial charge is 0.444 e. The topological polar surface area (TPSA) is 190 Å². The zero-order valence-electron chi connectivity index (χ0n) is 30.5. The van der Waals surface area contributed by atoms with E-state index in [-0.39, 0.29) is 51.0 Å². The lowest BCUT2D eigenvalue weighted by Gasteiger charge is -2.34. The molecule has 0 saturated carbocycles. The predicted molar refractivity (Wildman–Crippen MR) is 210 cm³/mol. The van der Waals surface area contributed by atoms with Gasteiger partial charge < -0.3 is 45.2 Å². The molecule has 54 heavy (non-hydrogen) atoms. The van der Waals surface area contributed by atoms with Crippen molar-refractivity contribution in [2.45, 2.75) is 45.0 Å². The van der Waals surface area contributed by atoms with E-state index in [1.54, 1.807) is 57.2 Å². The third kappa shape index (κ3) is 10.1. The molecule has 4 amide bonds. The number of rotatable bonds is 13. The van der Waals surface area contributed by atoms with Crippen molar-refractivity contribution in [3.05, 3.63) is 80.5 Å². The van der Waals surface area contributed by atoms with Gasteiger partial charge in [-0.05, 0) is 80.9 Å². The fourth-order valence-corrected chi connectivity index (χ4v) is 6.51. The molecular weight excluding hydrogens is 830 g/mol. The summed E-state index contributed by atoms with van der Waals surface area (Å²) < 4.78 is 23.6. The molecule has 0 bridgehead atoms. The number of nitrogens with zero attached hydrogens (tertiary/aromatic N) is 3. The van der Waals surface area contributed by atoms with Gasteiger partial charge in [-0.1, -0.05) is 31.9 Å². The lowest BCUT2D eigenvalue weighted by atomic mass is 10.0. The highest BCUT2D eigenvalue weighted by atomic mass is 79.9. The van der Waals surface area contributed by atoms with E-state index in [9.17, 15) is 19.2 Å². The average Bonchev–Trinajstić information content (AvgIpc) is 3.53. The molecule has 1 saturated heterocycles. The van der Waals surface area contributed by atoms with Crippen LogP contribution in [-0.4, -0.2) is 97.5 Å². The van der Waals surface area contributed by atoms with Crippen molar-refractivity contribution in [1.82, 2.24) is 20.2 Å². The van der Waals surface area contributed by atoms with Crippen molar-refractivity contribution in [2.75, 3.05) is 63.1 Å². The molecule has 0 aliphatic carbocycles. The van der Waals surface area contributed by atoms with Crippen molar-refractivity contribution in [2.24, 2.45) is 0 Å². The van der Waals surface area contributed by atoms with E-state index in [1.807, 2.05) is 18.2 Å². The molecule has 1 aliphatic heterocycles. The minimum Gasteiger partial charge on any atom is -0.444 e. The molecule has 3 aromatic carbocycles. The first-order valence-electron chi connectivity index (χ1n) is 17.0. The zero-order valence-corrected chi connectivity index (χ0v) is 33.7. The van der Waals surface area contributed by atoms with Crippen LogP contribution in [0.25, 0.3) is 11.0 Å². The normalized spacial score (nSPS) is 14.4. The van der Waals surface area contributed by atoms with Crippen LogP contribution in [0, 0.1) is 0 Å². The monoisotopic (exact) mass is 871 g/mol. The number of carbonyl (C=O) groups excluding carboxylic acids is 4. The summed E-state index contributed by atoms with van der Waals surface area (Å²) in [5.41, 5.74) is 8.39. The van der Waals surface area contributed by atoms with E-state index in [4.69, 9.17) is 24.7 Å². The van der Waals surface area contributed by atoms with Crippen LogP contribution in [0.15, 0.2) is 63.5 Å². The van der Waals surface area contributed by atoms with Gasteiger partial charge in [-0.2, -0.15) is 0 Å². The molecule has 4 aromatic rings. The van der Waals surface area contributed by atoms with Gasteiger partial charge in [-0.3, -0.25) is 19.3 Å². The van der Waals surface area contributed by atoms with Crippen LogP contribution in [0.1, 0.15) is 48.6 Å². The van der Waals surface area contributed by atoms with Gasteiger partial charge in [0.2, 0.25) is 5.91 Å². The number of anilines is 3. The highest BCUT2D eigenvalue weighted by Gasteiger charge is 2.35. The maximum Gasteiger partial charge on any atom is 0.411 e. The Labute approximate surface area is 329 Å². The number of hydrogen-bond donors (Lipinski definition) is 4. The van der Waals surface area contributed by atoms with Gasteiger partial charge in [-0.25, -0.2) is 9.78 Å². The number of nitrogens with two attached hydrogens (primary N) is 1. The van der Waals surface area contributed by atoms with E-state index >= 15 is 0 Å². The number of halogens is 2. The van der Waals surface area contributed by atoms with Crippen molar-refractivity contribution in [1.29, 1.82) is 0 Å². The van der Waals surface area contributed by atoms with Crippen LogP contribution in [0.4, 0.5) is 21.9 Å². The van der Waals surface area contributed by atoms with Gasteiger partial charge in [0.25, 0.3) is 11.8 Å². The van der Waals surface area contributed by atoms with Crippen LogP contribution >= 0.6 is 31.9 Å². The number of carbonyl (C=O) groups is 4. The second-order valence-corrected chi connectivity index (χ2v) is 15.3. The minimum atomic E-state index is -1.24. The van der Waals surface area contributed by atoms with E-state index in [0.717, 1.165) is 14.5 Å². The summed E-state index contributed by atoms with van der Waals surface area (Å²) in [6.45, 7) is 5.11. The van der Waals surface area contributed by atoms with Gasteiger partial charge in [0.1, 0.15) is 30.1 Å². The first-order chi connectivity index (χ1) is 25.7. The third-order valence-electron chi connectivity index (χ3n) is 8.29. The quantitative estimate of drug-likeness (QED) is 0.124. The summed E-state index contributed by atoms with van der Waals surface area (Å²) >= 11 is 6.83. The number of aromatic amines is 1. The first-order valence-corrected chi connectivity index (χ1v) is 18.6. The van der Waals surface area contributed by atoms with Gasteiger partial charge in [0.05, 0.1) is 48.8 Å². The van der Waals surface area contributed by atoms with Crippen LogP contribution in [0.2, 0.25) is 0 Å². The molecule has 288 valence electrons. The van der Waals surface area contributed by atoms with E-state index in [0.29, 0.717) is 34.0 Å². The first kappa shape index (κ1) is 40.6. The number of amides is 4. The summed E-state index contributed by atoms with van der Waals surface area (Å²) in [6, 6.07) is 13.5.